The molecule has 0 aliphatic carbocycles. The molecule has 3 rings (SSSR count). The molecule has 170 valence electrons. The second-order valence-corrected chi connectivity index (χ2v) is 8.40. The standard InChI is InChI=1S/C22H37N5O2.HI/c1-22(2,27-10-14-29-15-11-27)18-25-21(23-3)24-16-19-4-6-20(7-5-19)17-26-8-12-28-13-9-26;/h4-7H,8-18H2,1-3H3,(H2,23,24,25);1H. The van der Waals surface area contributed by atoms with Gasteiger partial charge in [0, 0.05) is 58.4 Å². The Morgan fingerprint density at radius 2 is 1.50 bits per heavy atom. The van der Waals surface area contributed by atoms with Crippen LogP contribution in [0.2, 0.25) is 0 Å². The molecule has 2 aliphatic rings. The van der Waals surface area contributed by atoms with Crippen molar-refractivity contribution >= 4 is 29.9 Å². The fourth-order valence-corrected chi connectivity index (χ4v) is 3.77. The van der Waals surface area contributed by atoms with Gasteiger partial charge in [-0.1, -0.05) is 24.3 Å². The van der Waals surface area contributed by atoms with Crippen molar-refractivity contribution in [2.45, 2.75) is 32.5 Å². The number of hydrogen-bond acceptors (Lipinski definition) is 5. The van der Waals surface area contributed by atoms with Crippen LogP contribution in [-0.2, 0) is 22.6 Å². The minimum absolute atomic E-state index is 0. The van der Waals surface area contributed by atoms with Crippen molar-refractivity contribution in [2.75, 3.05) is 66.2 Å². The quantitative estimate of drug-likeness (QED) is 0.319. The maximum atomic E-state index is 5.47. The Morgan fingerprint density at radius 1 is 0.933 bits per heavy atom. The molecule has 1 aromatic carbocycles. The van der Waals surface area contributed by atoms with Gasteiger partial charge in [0.25, 0.3) is 0 Å². The van der Waals surface area contributed by atoms with Gasteiger partial charge in [-0.25, -0.2) is 0 Å². The van der Waals surface area contributed by atoms with Crippen LogP contribution in [0, 0.1) is 0 Å². The summed E-state index contributed by atoms with van der Waals surface area (Å²) in [7, 11) is 1.82. The Labute approximate surface area is 198 Å². The summed E-state index contributed by atoms with van der Waals surface area (Å²) >= 11 is 0. The fraction of sp³-hybridized carbons (Fsp3) is 0.682. The highest BCUT2D eigenvalue weighted by Gasteiger charge is 2.28. The van der Waals surface area contributed by atoms with E-state index >= 15 is 0 Å². The molecule has 0 saturated carbocycles. The molecule has 8 heteroatoms. The summed E-state index contributed by atoms with van der Waals surface area (Å²) in [6.07, 6.45) is 0. The Hall–Kier alpha value is -0.940. The molecule has 0 radical (unpaired) electrons. The molecule has 2 fully saturated rings. The summed E-state index contributed by atoms with van der Waals surface area (Å²) < 4.78 is 10.9. The van der Waals surface area contributed by atoms with E-state index in [-0.39, 0.29) is 29.5 Å². The maximum Gasteiger partial charge on any atom is 0.191 e. The van der Waals surface area contributed by atoms with Gasteiger partial charge in [-0.15, -0.1) is 24.0 Å². The summed E-state index contributed by atoms with van der Waals surface area (Å²) in [5.41, 5.74) is 2.67. The molecule has 1 aromatic rings. The van der Waals surface area contributed by atoms with Crippen molar-refractivity contribution in [3.8, 4) is 0 Å². The van der Waals surface area contributed by atoms with Crippen LogP contribution in [-0.4, -0.2) is 87.5 Å². The van der Waals surface area contributed by atoms with E-state index in [1.165, 1.54) is 11.1 Å². The zero-order chi connectivity index (χ0) is 20.5. The van der Waals surface area contributed by atoms with E-state index in [0.717, 1.165) is 78.2 Å². The smallest absolute Gasteiger partial charge is 0.191 e. The SMILES string of the molecule is CN=C(NCc1ccc(CN2CCOCC2)cc1)NCC(C)(C)N1CCOCC1.I. The van der Waals surface area contributed by atoms with Gasteiger partial charge in [0.15, 0.2) is 5.96 Å². The van der Waals surface area contributed by atoms with E-state index < -0.39 is 0 Å². The number of nitrogens with one attached hydrogen (secondary N) is 2. The van der Waals surface area contributed by atoms with Crippen molar-refractivity contribution in [1.29, 1.82) is 0 Å². The molecule has 30 heavy (non-hydrogen) atoms. The second-order valence-electron chi connectivity index (χ2n) is 8.40. The van der Waals surface area contributed by atoms with E-state index in [0.29, 0.717) is 0 Å². The zero-order valence-electron chi connectivity index (χ0n) is 18.7. The highest BCUT2D eigenvalue weighted by Crippen LogP contribution is 2.15. The third-order valence-electron chi connectivity index (χ3n) is 5.77. The van der Waals surface area contributed by atoms with Gasteiger partial charge >= 0.3 is 0 Å². The lowest BCUT2D eigenvalue weighted by molar-refractivity contribution is -0.00834. The first kappa shape index (κ1) is 25.3. The molecule has 2 heterocycles. The zero-order valence-corrected chi connectivity index (χ0v) is 21.0. The Bertz CT molecular complexity index is 641. The summed E-state index contributed by atoms with van der Waals surface area (Å²) in [5.74, 6) is 0.837. The van der Waals surface area contributed by atoms with E-state index in [1.54, 1.807) is 0 Å². The van der Waals surface area contributed by atoms with Crippen LogP contribution in [0.5, 0.6) is 0 Å². The van der Waals surface area contributed by atoms with Crippen molar-refractivity contribution in [3.63, 3.8) is 0 Å². The van der Waals surface area contributed by atoms with Crippen LogP contribution < -0.4 is 10.6 Å². The lowest BCUT2D eigenvalue weighted by Crippen LogP contribution is -2.56. The topological polar surface area (TPSA) is 61.4 Å². The number of rotatable bonds is 7. The third kappa shape index (κ3) is 7.96. The predicted octanol–water partition coefficient (Wildman–Crippen LogP) is 1.91. The number of halogens is 1. The largest absolute Gasteiger partial charge is 0.379 e. The van der Waals surface area contributed by atoms with Crippen molar-refractivity contribution in [2.24, 2.45) is 4.99 Å². The second kappa shape index (κ2) is 12.8. The monoisotopic (exact) mass is 531 g/mol. The van der Waals surface area contributed by atoms with Gasteiger partial charge in [-0.3, -0.25) is 14.8 Å². The molecular weight excluding hydrogens is 493 g/mol. The molecule has 0 aromatic heterocycles. The van der Waals surface area contributed by atoms with Crippen molar-refractivity contribution in [3.05, 3.63) is 35.4 Å². The lowest BCUT2D eigenvalue weighted by Gasteiger charge is -2.41. The van der Waals surface area contributed by atoms with Crippen LogP contribution in [0.3, 0.4) is 0 Å². The van der Waals surface area contributed by atoms with Crippen molar-refractivity contribution in [1.82, 2.24) is 20.4 Å². The van der Waals surface area contributed by atoms with Gasteiger partial charge in [0.2, 0.25) is 0 Å². The Morgan fingerprint density at radius 3 is 2.10 bits per heavy atom. The van der Waals surface area contributed by atoms with Gasteiger partial charge in [0.1, 0.15) is 0 Å². The molecule has 0 amide bonds. The normalized spacial score (nSPS) is 19.2. The third-order valence-corrected chi connectivity index (χ3v) is 5.77. The number of hydrogen-bond donors (Lipinski definition) is 2. The first-order valence-corrected chi connectivity index (χ1v) is 10.7. The summed E-state index contributed by atoms with van der Waals surface area (Å²) in [5, 5.41) is 6.91. The fourth-order valence-electron chi connectivity index (χ4n) is 3.77. The molecule has 0 unspecified atom stereocenters. The summed E-state index contributed by atoms with van der Waals surface area (Å²) in [6.45, 7) is 14.5. The van der Waals surface area contributed by atoms with Gasteiger partial charge < -0.3 is 20.1 Å². The number of guanidine groups is 1. The van der Waals surface area contributed by atoms with E-state index in [1.807, 2.05) is 7.05 Å². The van der Waals surface area contributed by atoms with Crippen LogP contribution in [0.1, 0.15) is 25.0 Å². The molecule has 7 nitrogen and oxygen atoms in total. The summed E-state index contributed by atoms with van der Waals surface area (Å²) in [4.78, 5) is 9.30. The Kier molecular flexibility index (Phi) is 10.8. The first-order valence-electron chi connectivity index (χ1n) is 10.7. The van der Waals surface area contributed by atoms with Gasteiger partial charge in [0.05, 0.1) is 26.4 Å². The maximum absolute atomic E-state index is 5.47. The summed E-state index contributed by atoms with van der Waals surface area (Å²) in [6, 6.07) is 8.86. The first-order chi connectivity index (χ1) is 14.1. The molecule has 2 N–H and O–H groups in total. The number of nitrogens with zero attached hydrogens (tertiary/aromatic N) is 3. The minimum Gasteiger partial charge on any atom is -0.379 e. The van der Waals surface area contributed by atoms with Gasteiger partial charge in [-0.05, 0) is 25.0 Å². The number of ether oxygens (including phenoxy) is 2. The average molecular weight is 531 g/mol. The van der Waals surface area contributed by atoms with E-state index in [4.69, 9.17) is 9.47 Å². The number of morpholine rings is 2. The van der Waals surface area contributed by atoms with Crippen LogP contribution in [0.4, 0.5) is 0 Å². The Balaban J connectivity index is 0.00000320. The van der Waals surface area contributed by atoms with Crippen LogP contribution >= 0.6 is 24.0 Å². The molecule has 0 atom stereocenters. The van der Waals surface area contributed by atoms with Crippen molar-refractivity contribution < 1.29 is 9.47 Å². The van der Waals surface area contributed by atoms with Crippen LogP contribution in [0.15, 0.2) is 29.3 Å². The molecule has 2 saturated heterocycles. The van der Waals surface area contributed by atoms with E-state index in [9.17, 15) is 0 Å². The predicted molar refractivity (Wildman–Crippen MR) is 133 cm³/mol. The molecule has 2 aliphatic heterocycles. The highest BCUT2D eigenvalue weighted by atomic mass is 127. The number of benzene rings is 1. The van der Waals surface area contributed by atoms with Gasteiger partial charge in [-0.2, -0.15) is 0 Å². The highest BCUT2D eigenvalue weighted by molar-refractivity contribution is 14.0. The molecule has 0 bridgehead atoms. The lowest BCUT2D eigenvalue weighted by atomic mass is 10.0. The van der Waals surface area contributed by atoms with E-state index in [2.05, 4.69) is 63.5 Å². The van der Waals surface area contributed by atoms with Crippen LogP contribution in [0.25, 0.3) is 0 Å². The number of aliphatic imine (C=N–C) groups is 1. The molecular formula is C22H38IN5O2. The molecule has 0 spiro atoms. The average Bonchev–Trinajstić information content (AvgIpc) is 2.76. The minimum atomic E-state index is 0.